The first kappa shape index (κ1) is 17.1. The second-order valence-electron chi connectivity index (χ2n) is 3.79. The highest BCUT2D eigenvalue weighted by molar-refractivity contribution is 7.87. The predicted octanol–water partition coefficient (Wildman–Crippen LogP) is 1.85. The fourth-order valence-corrected chi connectivity index (χ4v) is 3.36. The fourth-order valence-electron chi connectivity index (χ4n) is 1.39. The Bertz CT molecular complexity index is 648. The van der Waals surface area contributed by atoms with Gasteiger partial charge < -0.3 is 9.79 Å². The van der Waals surface area contributed by atoms with Gasteiger partial charge in [0.2, 0.25) is 0 Å². The Morgan fingerprint density at radius 2 is 1.85 bits per heavy atom. The summed E-state index contributed by atoms with van der Waals surface area (Å²) in [6, 6.07) is 2.42. The van der Waals surface area contributed by atoms with E-state index in [4.69, 9.17) is 9.79 Å². The second-order valence-corrected chi connectivity index (χ2v) is 6.96. The average molecular weight is 334 g/mol. The van der Waals surface area contributed by atoms with Gasteiger partial charge >= 0.3 is 13.8 Å². The Labute approximate surface area is 112 Å². The minimum Gasteiger partial charge on any atom is -0.323 e. The van der Waals surface area contributed by atoms with E-state index in [0.29, 0.717) is 6.07 Å². The smallest absolute Gasteiger partial charge is 0.323 e. The van der Waals surface area contributed by atoms with E-state index in [0.717, 1.165) is 19.1 Å². The molecule has 0 bridgehead atoms. The van der Waals surface area contributed by atoms with Gasteiger partial charge in [0.25, 0.3) is 10.1 Å². The monoisotopic (exact) mass is 334 g/mol. The van der Waals surface area contributed by atoms with Crippen LogP contribution in [0.5, 0.6) is 0 Å². The SMILES string of the molecule is Cc1c(C(F)(F)F)cccc1S(=O)(=O)OCP(=O)(O)O. The molecule has 0 saturated carbocycles. The normalized spacial score (nSPS) is 13.5. The van der Waals surface area contributed by atoms with Crippen molar-refractivity contribution in [2.75, 3.05) is 6.35 Å². The topological polar surface area (TPSA) is 101 Å². The largest absolute Gasteiger partial charge is 0.416 e. The summed E-state index contributed by atoms with van der Waals surface area (Å²) in [7, 11) is -9.46. The van der Waals surface area contributed by atoms with Gasteiger partial charge in [0.15, 0.2) is 6.35 Å². The van der Waals surface area contributed by atoms with Gasteiger partial charge in [-0.3, -0.25) is 8.75 Å². The Morgan fingerprint density at radius 3 is 2.30 bits per heavy atom. The maximum Gasteiger partial charge on any atom is 0.416 e. The first-order valence-corrected chi connectivity index (χ1v) is 8.16. The van der Waals surface area contributed by atoms with Crippen LogP contribution in [-0.4, -0.2) is 24.6 Å². The van der Waals surface area contributed by atoms with E-state index in [1.54, 1.807) is 0 Å². The van der Waals surface area contributed by atoms with E-state index in [1.807, 2.05) is 0 Å². The van der Waals surface area contributed by atoms with Gasteiger partial charge in [-0.1, -0.05) is 6.07 Å². The number of alkyl halides is 3. The van der Waals surface area contributed by atoms with Crippen LogP contribution in [0.2, 0.25) is 0 Å². The van der Waals surface area contributed by atoms with E-state index in [9.17, 15) is 26.2 Å². The molecule has 0 amide bonds. The molecule has 0 aliphatic carbocycles. The molecule has 0 aliphatic heterocycles. The van der Waals surface area contributed by atoms with E-state index in [-0.39, 0.29) is 0 Å². The van der Waals surface area contributed by atoms with Gasteiger partial charge in [0.1, 0.15) is 0 Å². The molecule has 20 heavy (non-hydrogen) atoms. The molecule has 0 atom stereocenters. The number of benzene rings is 1. The number of halogens is 3. The van der Waals surface area contributed by atoms with Crippen molar-refractivity contribution in [2.24, 2.45) is 0 Å². The molecular formula is C9H10F3O6PS. The molecular weight excluding hydrogens is 324 g/mol. The van der Waals surface area contributed by atoms with Crippen molar-refractivity contribution < 1.29 is 40.1 Å². The van der Waals surface area contributed by atoms with Crippen LogP contribution in [0.15, 0.2) is 23.1 Å². The van der Waals surface area contributed by atoms with Crippen molar-refractivity contribution in [1.82, 2.24) is 0 Å². The summed E-state index contributed by atoms with van der Waals surface area (Å²) in [6.45, 7) is 0.927. The van der Waals surface area contributed by atoms with Crippen molar-refractivity contribution >= 4 is 17.7 Å². The van der Waals surface area contributed by atoms with Crippen molar-refractivity contribution in [3.05, 3.63) is 29.3 Å². The summed E-state index contributed by atoms with van der Waals surface area (Å²) in [6.07, 6.45) is -6.19. The van der Waals surface area contributed by atoms with Gasteiger partial charge in [-0.2, -0.15) is 21.6 Å². The molecule has 0 unspecified atom stereocenters. The van der Waals surface area contributed by atoms with Gasteiger partial charge in [-0.05, 0) is 24.6 Å². The summed E-state index contributed by atoms with van der Waals surface area (Å²) in [4.78, 5) is 16.3. The average Bonchev–Trinajstić information content (AvgIpc) is 2.24. The molecule has 0 spiro atoms. The second kappa shape index (κ2) is 5.45. The summed E-state index contributed by atoms with van der Waals surface area (Å²) in [5.74, 6) is 0. The van der Waals surface area contributed by atoms with Crippen LogP contribution in [0.1, 0.15) is 11.1 Å². The minimum absolute atomic E-state index is 0.606. The lowest BCUT2D eigenvalue weighted by atomic mass is 10.1. The molecule has 0 heterocycles. The minimum atomic E-state index is -4.77. The molecule has 1 rings (SSSR count). The zero-order valence-corrected chi connectivity index (χ0v) is 11.7. The summed E-state index contributed by atoms with van der Waals surface area (Å²) in [5, 5.41) is 0. The highest BCUT2D eigenvalue weighted by atomic mass is 32.2. The fraction of sp³-hybridized carbons (Fsp3) is 0.333. The Morgan fingerprint density at radius 1 is 1.30 bits per heavy atom. The molecule has 0 radical (unpaired) electrons. The zero-order valence-electron chi connectivity index (χ0n) is 9.96. The van der Waals surface area contributed by atoms with Crippen LogP contribution in [0, 0.1) is 6.92 Å². The molecule has 6 nitrogen and oxygen atoms in total. The van der Waals surface area contributed by atoms with Crippen molar-refractivity contribution in [1.29, 1.82) is 0 Å². The molecule has 2 N–H and O–H groups in total. The standard InChI is InChI=1S/C9H10F3O6PS/c1-6-7(9(10,11)12)3-2-4-8(6)20(16,17)18-5-19(13,14)15/h2-4H,5H2,1H3,(H2,13,14,15). The van der Waals surface area contributed by atoms with Crippen LogP contribution >= 0.6 is 7.60 Å². The highest BCUT2D eigenvalue weighted by Gasteiger charge is 2.35. The number of hydrogen-bond acceptors (Lipinski definition) is 4. The molecule has 11 heteroatoms. The molecule has 0 aromatic heterocycles. The molecule has 0 fully saturated rings. The zero-order chi connectivity index (χ0) is 15.8. The number of hydrogen-bond donors (Lipinski definition) is 2. The van der Waals surface area contributed by atoms with Gasteiger partial charge in [0.05, 0.1) is 10.5 Å². The Balaban J connectivity index is 3.24. The van der Waals surface area contributed by atoms with Crippen molar-refractivity contribution in [2.45, 2.75) is 18.0 Å². The molecule has 114 valence electrons. The molecule has 0 saturated heterocycles. The first-order valence-electron chi connectivity index (χ1n) is 4.95. The maximum atomic E-state index is 12.6. The van der Waals surface area contributed by atoms with E-state index >= 15 is 0 Å². The first-order chi connectivity index (χ1) is 8.84. The highest BCUT2D eigenvalue weighted by Crippen LogP contribution is 2.37. The van der Waals surface area contributed by atoms with E-state index in [2.05, 4.69) is 4.18 Å². The van der Waals surface area contributed by atoms with Gasteiger partial charge in [0, 0.05) is 0 Å². The lowest BCUT2D eigenvalue weighted by molar-refractivity contribution is -0.138. The Kier molecular flexibility index (Phi) is 4.67. The number of rotatable bonds is 4. The summed E-state index contributed by atoms with van der Waals surface area (Å²) >= 11 is 0. The lowest BCUT2D eigenvalue weighted by Crippen LogP contribution is -2.14. The lowest BCUT2D eigenvalue weighted by Gasteiger charge is -2.14. The predicted molar refractivity (Wildman–Crippen MR) is 61.4 cm³/mol. The summed E-state index contributed by atoms with van der Waals surface area (Å²) < 4.78 is 75.8. The van der Waals surface area contributed by atoms with Crippen LogP contribution in [0.3, 0.4) is 0 Å². The van der Waals surface area contributed by atoms with Gasteiger partial charge in [-0.15, -0.1) is 0 Å². The third kappa shape index (κ3) is 4.29. The van der Waals surface area contributed by atoms with Crippen LogP contribution in [-0.2, 0) is 25.0 Å². The van der Waals surface area contributed by atoms with E-state index < -0.39 is 46.3 Å². The van der Waals surface area contributed by atoms with Crippen LogP contribution in [0.4, 0.5) is 13.2 Å². The maximum absolute atomic E-state index is 12.6. The molecule has 1 aromatic rings. The molecule has 1 aromatic carbocycles. The van der Waals surface area contributed by atoms with Gasteiger partial charge in [-0.25, -0.2) is 0 Å². The van der Waals surface area contributed by atoms with Crippen LogP contribution < -0.4 is 0 Å². The molecule has 0 aliphatic rings. The van der Waals surface area contributed by atoms with E-state index in [1.165, 1.54) is 0 Å². The van der Waals surface area contributed by atoms with Crippen molar-refractivity contribution in [3.8, 4) is 0 Å². The quantitative estimate of drug-likeness (QED) is 0.644. The van der Waals surface area contributed by atoms with Crippen molar-refractivity contribution in [3.63, 3.8) is 0 Å². The Hall–Kier alpha value is -0.930. The third-order valence-electron chi connectivity index (χ3n) is 2.23. The third-order valence-corrected chi connectivity index (χ3v) is 4.28. The van der Waals surface area contributed by atoms with Crippen LogP contribution in [0.25, 0.3) is 0 Å². The summed E-state index contributed by atoms with van der Waals surface area (Å²) in [5.41, 5.74) is -1.77.